The Morgan fingerprint density at radius 3 is 2.47 bits per heavy atom. The second-order valence-electron chi connectivity index (χ2n) is 13.0. The molecule has 0 aromatic heterocycles. The van der Waals surface area contributed by atoms with Crippen molar-refractivity contribution in [1.29, 1.82) is 0 Å². The zero-order valence-electron chi connectivity index (χ0n) is 22.9. The summed E-state index contributed by atoms with van der Waals surface area (Å²) in [6.45, 7) is 4.94. The molecule has 3 saturated carbocycles. The van der Waals surface area contributed by atoms with Crippen molar-refractivity contribution in [1.82, 2.24) is 4.31 Å². The summed E-state index contributed by atoms with van der Waals surface area (Å²) < 4.78 is 27.7. The summed E-state index contributed by atoms with van der Waals surface area (Å²) in [5.74, 6) is 0.684. The van der Waals surface area contributed by atoms with Crippen LogP contribution in [-0.4, -0.2) is 47.4 Å². The maximum atomic E-state index is 13.1. The minimum Gasteiger partial charge on any atom is -0.393 e. The summed E-state index contributed by atoms with van der Waals surface area (Å²) in [5.41, 5.74) is 2.38. The molecule has 4 aliphatic carbocycles. The van der Waals surface area contributed by atoms with Gasteiger partial charge >= 0.3 is 0 Å². The lowest BCUT2D eigenvalue weighted by atomic mass is 9.50. The van der Waals surface area contributed by atoms with Crippen LogP contribution < -0.4 is 0 Å². The SMILES string of the molecule is C[C@]12CC[C@H](O)CC1=CC=C1[C@@H]2CC[C@@]2(C)[C@H]1CC[C@@]2(O)CN(Cc1cccc2ccccc12)S(C)(=O)=O. The third-order valence-corrected chi connectivity index (χ3v) is 12.2. The van der Waals surface area contributed by atoms with Gasteiger partial charge in [-0.05, 0) is 78.5 Å². The maximum Gasteiger partial charge on any atom is 0.211 e. The maximum absolute atomic E-state index is 13.1. The molecule has 2 aromatic carbocycles. The Labute approximate surface area is 227 Å². The smallest absolute Gasteiger partial charge is 0.211 e. The van der Waals surface area contributed by atoms with Gasteiger partial charge in [0.05, 0.1) is 18.0 Å². The van der Waals surface area contributed by atoms with Gasteiger partial charge in [-0.1, -0.05) is 79.6 Å². The number of aliphatic hydroxyl groups excluding tert-OH is 1. The molecule has 2 aromatic rings. The lowest BCUT2D eigenvalue weighted by molar-refractivity contribution is -0.0933. The molecule has 38 heavy (non-hydrogen) atoms. The van der Waals surface area contributed by atoms with Crippen LogP contribution in [0.4, 0.5) is 0 Å². The van der Waals surface area contributed by atoms with Crippen molar-refractivity contribution >= 4 is 20.8 Å². The molecule has 0 radical (unpaired) electrons. The van der Waals surface area contributed by atoms with E-state index in [1.807, 2.05) is 42.5 Å². The predicted molar refractivity (Wildman–Crippen MR) is 152 cm³/mol. The number of hydrogen-bond donors (Lipinski definition) is 2. The van der Waals surface area contributed by atoms with E-state index in [9.17, 15) is 18.6 Å². The standard InChI is InChI=1S/C32H41NO4S/c1-30-16-13-25(34)19-24(30)11-12-27-28(30)14-17-31(2)29(27)15-18-32(31,35)21-33(38(3,36)37)20-23-9-6-8-22-7-4-5-10-26(22)23/h4-12,25,28-29,34-35H,13-21H2,1-3H3/t25-,28-,29-,30-,31-,32+/m0/s1. The fourth-order valence-electron chi connectivity index (χ4n) is 8.56. The Hall–Kier alpha value is -1.99. The molecule has 6 heteroatoms. The molecule has 0 amide bonds. The summed E-state index contributed by atoms with van der Waals surface area (Å²) in [6.07, 6.45) is 11.5. The first-order chi connectivity index (χ1) is 17.9. The Morgan fingerprint density at radius 1 is 0.947 bits per heavy atom. The van der Waals surface area contributed by atoms with E-state index in [2.05, 4.69) is 26.0 Å². The first kappa shape index (κ1) is 26.2. The third-order valence-electron chi connectivity index (χ3n) is 11.0. The zero-order valence-corrected chi connectivity index (χ0v) is 23.7. The van der Waals surface area contributed by atoms with E-state index >= 15 is 0 Å². The number of fused-ring (bicyclic) bond motifs is 6. The summed E-state index contributed by atoms with van der Waals surface area (Å²) in [7, 11) is -3.55. The number of benzene rings is 2. The van der Waals surface area contributed by atoms with Crippen molar-refractivity contribution in [2.75, 3.05) is 12.8 Å². The highest BCUT2D eigenvalue weighted by Gasteiger charge is 2.62. The highest BCUT2D eigenvalue weighted by atomic mass is 32.2. The van der Waals surface area contributed by atoms with E-state index in [4.69, 9.17) is 0 Å². The average molecular weight is 536 g/mol. The normalized spacial score (nSPS) is 36.8. The van der Waals surface area contributed by atoms with E-state index < -0.39 is 15.6 Å². The fraction of sp³-hybridized carbons (Fsp3) is 0.562. The van der Waals surface area contributed by atoms with Crippen LogP contribution in [0.15, 0.2) is 65.8 Å². The van der Waals surface area contributed by atoms with Crippen LogP contribution in [0.3, 0.4) is 0 Å². The summed E-state index contributed by atoms with van der Waals surface area (Å²) in [6, 6.07) is 14.1. The van der Waals surface area contributed by atoms with Crippen LogP contribution in [0.1, 0.15) is 64.4 Å². The molecule has 0 unspecified atom stereocenters. The van der Waals surface area contributed by atoms with Crippen LogP contribution in [0.2, 0.25) is 0 Å². The molecular formula is C32H41NO4S. The zero-order chi connectivity index (χ0) is 26.9. The summed E-state index contributed by atoms with van der Waals surface area (Å²) >= 11 is 0. The lowest BCUT2D eigenvalue weighted by Crippen LogP contribution is -2.56. The number of nitrogens with zero attached hydrogens (tertiary/aromatic N) is 1. The van der Waals surface area contributed by atoms with Gasteiger partial charge in [0, 0.05) is 18.5 Å². The summed E-state index contributed by atoms with van der Waals surface area (Å²) in [5, 5.41) is 24.7. The first-order valence-corrected chi connectivity index (χ1v) is 16.0. The van der Waals surface area contributed by atoms with Crippen molar-refractivity contribution in [2.24, 2.45) is 22.7 Å². The number of rotatable bonds is 5. The monoisotopic (exact) mass is 535 g/mol. The van der Waals surface area contributed by atoms with Gasteiger partial charge in [0.1, 0.15) is 0 Å². The molecular weight excluding hydrogens is 494 g/mol. The summed E-state index contributed by atoms with van der Waals surface area (Å²) in [4.78, 5) is 0. The van der Waals surface area contributed by atoms with Crippen LogP contribution in [-0.2, 0) is 16.6 Å². The van der Waals surface area contributed by atoms with E-state index in [0.29, 0.717) is 12.3 Å². The number of sulfonamides is 1. The van der Waals surface area contributed by atoms with E-state index in [1.165, 1.54) is 21.7 Å². The molecule has 204 valence electrons. The fourth-order valence-corrected chi connectivity index (χ4v) is 9.38. The van der Waals surface area contributed by atoms with Gasteiger partial charge in [-0.15, -0.1) is 0 Å². The van der Waals surface area contributed by atoms with E-state index in [0.717, 1.165) is 54.9 Å². The molecule has 3 fully saturated rings. The number of hydrogen-bond acceptors (Lipinski definition) is 4. The van der Waals surface area contributed by atoms with Crippen molar-refractivity contribution < 1.29 is 18.6 Å². The van der Waals surface area contributed by atoms with Gasteiger partial charge in [0.2, 0.25) is 10.0 Å². The highest BCUT2D eigenvalue weighted by Crippen LogP contribution is 2.66. The van der Waals surface area contributed by atoms with Gasteiger partial charge in [0.15, 0.2) is 0 Å². The quantitative estimate of drug-likeness (QED) is 0.524. The Kier molecular flexibility index (Phi) is 6.23. The van der Waals surface area contributed by atoms with Crippen LogP contribution in [0.25, 0.3) is 10.8 Å². The second-order valence-corrected chi connectivity index (χ2v) is 15.0. The van der Waals surface area contributed by atoms with E-state index in [1.54, 1.807) is 0 Å². The average Bonchev–Trinajstić information content (AvgIpc) is 3.14. The van der Waals surface area contributed by atoms with Crippen molar-refractivity contribution in [2.45, 2.75) is 77.0 Å². The van der Waals surface area contributed by atoms with Crippen LogP contribution >= 0.6 is 0 Å². The minimum absolute atomic E-state index is 0.0819. The van der Waals surface area contributed by atoms with Crippen LogP contribution in [0, 0.1) is 22.7 Å². The molecule has 0 aliphatic heterocycles. The topological polar surface area (TPSA) is 77.8 Å². The molecule has 4 aliphatic rings. The molecule has 6 atom stereocenters. The highest BCUT2D eigenvalue weighted by molar-refractivity contribution is 7.88. The Balaban J connectivity index is 1.31. The minimum atomic E-state index is -3.55. The van der Waals surface area contributed by atoms with Gasteiger partial charge < -0.3 is 10.2 Å². The van der Waals surface area contributed by atoms with Crippen LogP contribution in [0.5, 0.6) is 0 Å². The molecule has 0 spiro atoms. The van der Waals surface area contributed by atoms with Gasteiger partial charge in [-0.2, -0.15) is 4.31 Å². The third kappa shape index (κ3) is 4.02. The molecule has 0 saturated heterocycles. The van der Waals surface area contributed by atoms with Gasteiger partial charge in [0.25, 0.3) is 0 Å². The molecule has 2 N–H and O–H groups in total. The Bertz CT molecular complexity index is 1420. The Morgan fingerprint density at radius 2 is 1.68 bits per heavy atom. The molecule has 6 rings (SSSR count). The lowest BCUT2D eigenvalue weighted by Gasteiger charge is -2.56. The van der Waals surface area contributed by atoms with Crippen molar-refractivity contribution in [3.63, 3.8) is 0 Å². The molecule has 0 heterocycles. The first-order valence-electron chi connectivity index (χ1n) is 14.2. The van der Waals surface area contributed by atoms with Crippen molar-refractivity contribution in [3.8, 4) is 0 Å². The number of aliphatic hydroxyl groups is 2. The largest absolute Gasteiger partial charge is 0.393 e. The van der Waals surface area contributed by atoms with E-state index in [-0.39, 0.29) is 35.9 Å². The molecule has 0 bridgehead atoms. The van der Waals surface area contributed by atoms with Crippen molar-refractivity contribution in [3.05, 3.63) is 71.3 Å². The van der Waals surface area contributed by atoms with Gasteiger partial charge in [-0.25, -0.2) is 8.42 Å². The number of allylic oxidation sites excluding steroid dienone is 3. The van der Waals surface area contributed by atoms with Gasteiger partial charge in [-0.3, -0.25) is 0 Å². The predicted octanol–water partition coefficient (Wildman–Crippen LogP) is 5.58. The molecule has 5 nitrogen and oxygen atoms in total. The second kappa shape index (κ2) is 9.02.